The van der Waals surface area contributed by atoms with Gasteiger partial charge in [-0.05, 0) is 39.0 Å². The molecule has 1 heterocycles. The van der Waals surface area contributed by atoms with Gasteiger partial charge < -0.3 is 29.2 Å². The third kappa shape index (κ3) is 4.96. The maximum absolute atomic E-state index is 12.2. The van der Waals surface area contributed by atoms with Crippen LogP contribution in [0.15, 0.2) is 30.3 Å². The fourth-order valence-corrected chi connectivity index (χ4v) is 3.28. The maximum Gasteiger partial charge on any atom is 0.244 e. The van der Waals surface area contributed by atoms with E-state index in [0.717, 1.165) is 16.6 Å². The minimum absolute atomic E-state index is 0.181. The van der Waals surface area contributed by atoms with Crippen LogP contribution in [0.2, 0.25) is 0 Å². The van der Waals surface area contributed by atoms with Crippen molar-refractivity contribution in [3.8, 4) is 34.4 Å². The second-order valence-corrected chi connectivity index (χ2v) is 8.18. The molecule has 0 aliphatic carbocycles. The fraction of sp³-hybridized carbons (Fsp3) is 0.333. The number of hydrogen-bond acceptors (Lipinski definition) is 6. The summed E-state index contributed by atoms with van der Waals surface area (Å²) in [5.41, 5.74) is 2.66. The lowest BCUT2D eigenvalue weighted by atomic mass is 10.1. The Morgan fingerprint density at radius 2 is 1.53 bits per heavy atom. The van der Waals surface area contributed by atoms with Gasteiger partial charge in [0.15, 0.2) is 11.5 Å². The number of carbonyl (C=O) groups excluding carboxylic acids is 1. The standard InChI is InChI=1S/C24H29N3O5/c1-24(2,3)27-22(28)9-8-14-10-16-17(12-18(14)29-4)26-23(25-16)15-11-20(31-6)21(32-7)13-19(15)30-5/h8-13H,1-7H3,(H,25,26)(H,27,28)/b9-8+. The number of amides is 1. The zero-order valence-electron chi connectivity index (χ0n) is 19.5. The molecule has 0 bridgehead atoms. The Kier molecular flexibility index (Phi) is 6.62. The molecule has 2 N–H and O–H groups in total. The molecule has 170 valence electrons. The zero-order chi connectivity index (χ0) is 23.5. The average Bonchev–Trinajstić information content (AvgIpc) is 3.17. The topological polar surface area (TPSA) is 94.7 Å². The minimum atomic E-state index is -0.313. The molecule has 3 aromatic rings. The van der Waals surface area contributed by atoms with E-state index < -0.39 is 0 Å². The minimum Gasteiger partial charge on any atom is -0.496 e. The number of ether oxygens (including phenoxy) is 4. The van der Waals surface area contributed by atoms with Crippen molar-refractivity contribution in [2.75, 3.05) is 28.4 Å². The molecule has 8 heteroatoms. The Balaban J connectivity index is 2.04. The number of carbonyl (C=O) groups is 1. The van der Waals surface area contributed by atoms with E-state index in [0.29, 0.717) is 34.3 Å². The highest BCUT2D eigenvalue weighted by atomic mass is 16.5. The number of nitrogens with one attached hydrogen (secondary N) is 2. The molecule has 32 heavy (non-hydrogen) atoms. The van der Waals surface area contributed by atoms with Crippen molar-refractivity contribution in [3.05, 3.63) is 35.9 Å². The first-order valence-corrected chi connectivity index (χ1v) is 10.1. The molecular formula is C24H29N3O5. The summed E-state index contributed by atoms with van der Waals surface area (Å²) >= 11 is 0. The van der Waals surface area contributed by atoms with Crippen LogP contribution in [-0.2, 0) is 4.79 Å². The molecule has 8 nitrogen and oxygen atoms in total. The number of rotatable bonds is 7. The van der Waals surface area contributed by atoms with E-state index in [9.17, 15) is 4.79 Å². The number of methoxy groups -OCH3 is 4. The number of aromatic amines is 1. The molecule has 1 amide bonds. The molecule has 2 aromatic carbocycles. The van der Waals surface area contributed by atoms with Gasteiger partial charge in [-0.3, -0.25) is 4.79 Å². The average molecular weight is 440 g/mol. The largest absolute Gasteiger partial charge is 0.496 e. The molecule has 0 aliphatic rings. The number of H-pyrrole nitrogens is 1. The molecular weight excluding hydrogens is 410 g/mol. The SMILES string of the molecule is COc1cc2nc(-c3cc(OC)c(OC)cc3OC)[nH]c2cc1/C=C/C(=O)NC(C)(C)C. The van der Waals surface area contributed by atoms with E-state index in [1.165, 1.54) is 6.08 Å². The van der Waals surface area contributed by atoms with E-state index in [1.807, 2.05) is 39.0 Å². The number of aromatic nitrogens is 2. The second kappa shape index (κ2) is 9.21. The Morgan fingerprint density at radius 1 is 0.906 bits per heavy atom. The van der Waals surface area contributed by atoms with E-state index >= 15 is 0 Å². The molecule has 0 aliphatic heterocycles. The van der Waals surface area contributed by atoms with E-state index in [-0.39, 0.29) is 11.4 Å². The summed E-state index contributed by atoms with van der Waals surface area (Å²) < 4.78 is 21.8. The first kappa shape index (κ1) is 23.0. The number of hydrogen-bond donors (Lipinski definition) is 2. The van der Waals surface area contributed by atoms with Crippen molar-refractivity contribution in [2.24, 2.45) is 0 Å². The summed E-state index contributed by atoms with van der Waals surface area (Å²) in [5.74, 6) is 2.75. The molecule has 1 aromatic heterocycles. The van der Waals surface area contributed by atoms with Crippen molar-refractivity contribution >= 4 is 23.0 Å². The summed E-state index contributed by atoms with van der Waals surface area (Å²) in [6.45, 7) is 5.79. The van der Waals surface area contributed by atoms with E-state index in [1.54, 1.807) is 40.6 Å². The van der Waals surface area contributed by atoms with Crippen LogP contribution in [0.4, 0.5) is 0 Å². The van der Waals surface area contributed by atoms with Crippen LogP contribution in [-0.4, -0.2) is 49.9 Å². The van der Waals surface area contributed by atoms with Gasteiger partial charge in [0, 0.05) is 29.3 Å². The van der Waals surface area contributed by atoms with Crippen molar-refractivity contribution < 1.29 is 23.7 Å². The molecule has 0 fully saturated rings. The van der Waals surface area contributed by atoms with Crippen LogP contribution >= 0.6 is 0 Å². The van der Waals surface area contributed by atoms with Crippen LogP contribution < -0.4 is 24.3 Å². The Labute approximate surface area is 187 Å². The summed E-state index contributed by atoms with van der Waals surface area (Å²) in [6, 6.07) is 7.27. The highest BCUT2D eigenvalue weighted by Crippen LogP contribution is 2.40. The Hall–Kier alpha value is -3.68. The van der Waals surface area contributed by atoms with Crippen molar-refractivity contribution in [2.45, 2.75) is 26.3 Å². The lowest BCUT2D eigenvalue weighted by Gasteiger charge is -2.19. The number of nitrogens with zero attached hydrogens (tertiary/aromatic N) is 1. The number of benzene rings is 2. The third-order valence-electron chi connectivity index (χ3n) is 4.71. The molecule has 0 atom stereocenters. The summed E-state index contributed by atoms with van der Waals surface area (Å²) in [4.78, 5) is 20.2. The number of imidazole rings is 1. The Morgan fingerprint density at radius 3 is 2.12 bits per heavy atom. The van der Waals surface area contributed by atoms with Crippen LogP contribution in [0.5, 0.6) is 23.0 Å². The molecule has 0 saturated heterocycles. The lowest BCUT2D eigenvalue weighted by Crippen LogP contribution is -2.39. The van der Waals surface area contributed by atoms with Gasteiger partial charge in [0.25, 0.3) is 0 Å². The monoisotopic (exact) mass is 439 g/mol. The van der Waals surface area contributed by atoms with Crippen molar-refractivity contribution in [3.63, 3.8) is 0 Å². The first-order valence-electron chi connectivity index (χ1n) is 10.1. The van der Waals surface area contributed by atoms with Gasteiger partial charge in [0.2, 0.25) is 5.91 Å². The van der Waals surface area contributed by atoms with Crippen molar-refractivity contribution in [1.29, 1.82) is 0 Å². The summed E-state index contributed by atoms with van der Waals surface area (Å²) in [7, 11) is 6.31. The smallest absolute Gasteiger partial charge is 0.244 e. The normalized spacial score (nSPS) is 11.6. The van der Waals surface area contributed by atoms with Gasteiger partial charge in [-0.1, -0.05) is 0 Å². The molecule has 0 radical (unpaired) electrons. The van der Waals surface area contributed by atoms with Gasteiger partial charge in [0.1, 0.15) is 17.3 Å². The van der Waals surface area contributed by atoms with E-state index in [4.69, 9.17) is 23.9 Å². The van der Waals surface area contributed by atoms with Gasteiger partial charge in [-0.25, -0.2) is 4.98 Å². The van der Waals surface area contributed by atoms with Gasteiger partial charge >= 0.3 is 0 Å². The number of fused-ring (bicyclic) bond motifs is 1. The van der Waals surface area contributed by atoms with Crippen molar-refractivity contribution in [1.82, 2.24) is 15.3 Å². The lowest BCUT2D eigenvalue weighted by molar-refractivity contribution is -0.117. The predicted octanol–water partition coefficient (Wildman–Crippen LogP) is 4.19. The highest BCUT2D eigenvalue weighted by molar-refractivity contribution is 5.94. The van der Waals surface area contributed by atoms with Crippen LogP contribution in [0.25, 0.3) is 28.5 Å². The quantitative estimate of drug-likeness (QED) is 0.536. The van der Waals surface area contributed by atoms with Crippen LogP contribution in [0, 0.1) is 0 Å². The second-order valence-electron chi connectivity index (χ2n) is 8.18. The molecule has 0 unspecified atom stereocenters. The van der Waals surface area contributed by atoms with E-state index in [2.05, 4.69) is 10.3 Å². The predicted molar refractivity (Wildman–Crippen MR) is 125 cm³/mol. The molecule has 3 rings (SSSR count). The highest BCUT2D eigenvalue weighted by Gasteiger charge is 2.17. The summed E-state index contributed by atoms with van der Waals surface area (Å²) in [6.07, 6.45) is 3.21. The maximum atomic E-state index is 12.2. The van der Waals surface area contributed by atoms with Crippen LogP contribution in [0.3, 0.4) is 0 Å². The van der Waals surface area contributed by atoms with Gasteiger partial charge in [-0.15, -0.1) is 0 Å². The molecule has 0 spiro atoms. The summed E-state index contributed by atoms with van der Waals surface area (Å²) in [5, 5.41) is 2.90. The van der Waals surface area contributed by atoms with Gasteiger partial charge in [-0.2, -0.15) is 0 Å². The third-order valence-corrected chi connectivity index (χ3v) is 4.71. The first-order chi connectivity index (χ1) is 15.2. The Bertz CT molecular complexity index is 1160. The molecule has 0 saturated carbocycles. The van der Waals surface area contributed by atoms with Crippen LogP contribution in [0.1, 0.15) is 26.3 Å². The fourth-order valence-electron chi connectivity index (χ4n) is 3.28. The zero-order valence-corrected chi connectivity index (χ0v) is 19.5. The van der Waals surface area contributed by atoms with Gasteiger partial charge in [0.05, 0.1) is 45.0 Å².